The summed E-state index contributed by atoms with van der Waals surface area (Å²) in [7, 11) is 1.32. The Bertz CT molecular complexity index is 901. The minimum Gasteiger partial charge on any atom is -0.756 e. The third-order valence-corrected chi connectivity index (χ3v) is 12.6. The summed E-state index contributed by atoms with van der Waals surface area (Å²) in [4.78, 5) is 25.4. The van der Waals surface area contributed by atoms with Crippen LogP contribution in [0.25, 0.3) is 0 Å². The van der Waals surface area contributed by atoms with Crippen molar-refractivity contribution in [1.82, 2.24) is 5.32 Å². The van der Waals surface area contributed by atoms with E-state index in [0.717, 1.165) is 38.5 Å². The number of carbonyl (C=O) groups excluding carboxylic acids is 1. The Morgan fingerprint density at radius 1 is 0.544 bits per heavy atom. The molecule has 0 fully saturated rings. The lowest BCUT2D eigenvalue weighted by Crippen LogP contribution is -2.46. The lowest BCUT2D eigenvalue weighted by molar-refractivity contribution is -0.870. The molecule has 0 spiro atoms. The van der Waals surface area contributed by atoms with Crippen molar-refractivity contribution in [2.24, 2.45) is 0 Å². The molecule has 1 amide bonds. The van der Waals surface area contributed by atoms with Gasteiger partial charge in [-0.1, -0.05) is 232 Å². The molecule has 0 aromatic rings. The molecule has 0 saturated heterocycles. The third-order valence-electron chi connectivity index (χ3n) is 11.6. The number of aliphatic hydroxyl groups excluding tert-OH is 1. The van der Waals surface area contributed by atoms with Gasteiger partial charge in [-0.3, -0.25) is 9.36 Å². The van der Waals surface area contributed by atoms with Gasteiger partial charge in [0.2, 0.25) is 5.91 Å². The molecule has 0 aromatic carbocycles. The highest BCUT2D eigenvalue weighted by Crippen LogP contribution is 2.38. The summed E-state index contributed by atoms with van der Waals surface area (Å²) < 4.78 is 23.3. The molecule has 0 aromatic heterocycles. The number of hydrogen-bond acceptors (Lipinski definition) is 6. The molecule has 57 heavy (non-hydrogen) atoms. The van der Waals surface area contributed by atoms with E-state index in [9.17, 15) is 19.4 Å². The van der Waals surface area contributed by atoms with E-state index in [4.69, 9.17) is 9.05 Å². The van der Waals surface area contributed by atoms with Crippen LogP contribution in [0.1, 0.15) is 251 Å². The van der Waals surface area contributed by atoms with E-state index in [2.05, 4.69) is 19.2 Å². The molecule has 0 radical (unpaired) electrons. The molecule has 0 aliphatic rings. The predicted molar refractivity (Wildman–Crippen MR) is 243 cm³/mol. The number of nitrogens with zero attached hydrogens (tertiary/aromatic N) is 1. The molecule has 0 heterocycles. The number of likely N-dealkylation sites (N-methyl/N-ethyl adjacent to an activating group) is 1. The molecule has 0 aliphatic carbocycles. The number of phosphoric acid groups is 1. The van der Waals surface area contributed by atoms with Crippen LogP contribution in [0.2, 0.25) is 0 Å². The van der Waals surface area contributed by atoms with Gasteiger partial charge < -0.3 is 28.8 Å². The van der Waals surface area contributed by atoms with Gasteiger partial charge in [-0.05, 0) is 12.8 Å². The average molecular weight is 831 g/mol. The quantitative estimate of drug-likeness (QED) is 0.0359. The summed E-state index contributed by atoms with van der Waals surface area (Å²) in [5.41, 5.74) is 0. The second kappa shape index (κ2) is 40.9. The van der Waals surface area contributed by atoms with E-state index >= 15 is 0 Å². The number of unbranched alkanes of at least 4 members (excludes halogenated alkanes) is 33. The van der Waals surface area contributed by atoms with Crippen molar-refractivity contribution in [3.05, 3.63) is 0 Å². The molecule has 0 bridgehead atoms. The number of amides is 1. The SMILES string of the molecule is CCCCCCCCCCCCCCCCCCCCCCC(O)C(COP(=O)([O-])OCC[N+](C)(C)C)NC(=O)CCCCCCCCCCCCCCCCC. The maximum atomic E-state index is 12.9. The van der Waals surface area contributed by atoms with Crippen molar-refractivity contribution in [2.75, 3.05) is 40.9 Å². The molecule has 3 unspecified atom stereocenters. The Balaban J connectivity index is 4.24. The van der Waals surface area contributed by atoms with E-state index in [1.807, 2.05) is 21.1 Å². The standard InChI is InChI=1S/C48H99N2O6P/c1-6-8-10-12-14-16-18-20-22-23-24-25-26-28-29-31-33-35-37-39-41-47(51)46(45-56-57(53,54)55-44-43-50(3,4)5)49-48(52)42-40-38-36-34-32-30-27-21-19-17-15-13-11-9-7-2/h46-47,51H,6-45H2,1-5H3,(H-,49,52,53,54). The van der Waals surface area contributed by atoms with Gasteiger partial charge in [0.15, 0.2) is 0 Å². The van der Waals surface area contributed by atoms with E-state index in [1.165, 1.54) is 186 Å². The summed E-state index contributed by atoms with van der Waals surface area (Å²) in [6.45, 7) is 4.76. The monoisotopic (exact) mass is 831 g/mol. The van der Waals surface area contributed by atoms with Crippen molar-refractivity contribution < 1.29 is 32.9 Å². The van der Waals surface area contributed by atoms with Gasteiger partial charge >= 0.3 is 0 Å². The van der Waals surface area contributed by atoms with Crippen LogP contribution in [0, 0.1) is 0 Å². The van der Waals surface area contributed by atoms with Crippen LogP contribution in [-0.2, 0) is 18.4 Å². The highest BCUT2D eigenvalue weighted by molar-refractivity contribution is 7.45. The lowest BCUT2D eigenvalue weighted by atomic mass is 10.0. The molecule has 8 nitrogen and oxygen atoms in total. The van der Waals surface area contributed by atoms with Gasteiger partial charge in [0.25, 0.3) is 7.82 Å². The molecule has 3 atom stereocenters. The van der Waals surface area contributed by atoms with E-state index < -0.39 is 20.0 Å². The average Bonchev–Trinajstić information content (AvgIpc) is 3.16. The van der Waals surface area contributed by atoms with Crippen molar-refractivity contribution in [1.29, 1.82) is 0 Å². The predicted octanol–water partition coefficient (Wildman–Crippen LogP) is 13.5. The minimum atomic E-state index is -4.56. The van der Waals surface area contributed by atoms with E-state index in [-0.39, 0.29) is 19.1 Å². The number of aliphatic hydroxyl groups is 1. The Kier molecular flexibility index (Phi) is 40.5. The van der Waals surface area contributed by atoms with Gasteiger partial charge in [0, 0.05) is 6.42 Å². The van der Waals surface area contributed by atoms with Gasteiger partial charge in [0.1, 0.15) is 13.2 Å². The topological polar surface area (TPSA) is 108 Å². The smallest absolute Gasteiger partial charge is 0.268 e. The summed E-state index contributed by atoms with van der Waals surface area (Å²) in [5, 5.41) is 14.0. The molecule has 0 saturated carbocycles. The van der Waals surface area contributed by atoms with Gasteiger partial charge in [-0.15, -0.1) is 0 Å². The first-order valence-electron chi connectivity index (χ1n) is 24.9. The largest absolute Gasteiger partial charge is 0.756 e. The van der Waals surface area contributed by atoms with Crippen LogP contribution < -0.4 is 10.2 Å². The zero-order valence-electron chi connectivity index (χ0n) is 38.8. The fraction of sp³-hybridized carbons (Fsp3) is 0.979. The number of quaternary nitrogens is 1. The highest BCUT2D eigenvalue weighted by atomic mass is 31.2. The first kappa shape index (κ1) is 56.5. The highest BCUT2D eigenvalue weighted by Gasteiger charge is 2.24. The molecular weight excluding hydrogens is 732 g/mol. The first-order chi connectivity index (χ1) is 27.5. The number of rotatable bonds is 46. The van der Waals surface area contributed by atoms with Crippen LogP contribution in [0.15, 0.2) is 0 Å². The maximum Gasteiger partial charge on any atom is 0.268 e. The minimum absolute atomic E-state index is 0.0163. The van der Waals surface area contributed by atoms with Crippen LogP contribution in [0.5, 0.6) is 0 Å². The normalized spacial score (nSPS) is 14.2. The van der Waals surface area contributed by atoms with Crippen LogP contribution in [-0.4, -0.2) is 68.5 Å². The molecule has 0 aliphatic heterocycles. The number of nitrogens with one attached hydrogen (secondary N) is 1. The van der Waals surface area contributed by atoms with Gasteiger partial charge in [0.05, 0.1) is 39.9 Å². The number of hydrogen-bond donors (Lipinski definition) is 2. The van der Waals surface area contributed by atoms with Crippen molar-refractivity contribution >= 4 is 13.7 Å². The summed E-state index contributed by atoms with van der Waals surface area (Å²) >= 11 is 0. The summed E-state index contributed by atoms with van der Waals surface area (Å²) in [5.74, 6) is -0.160. The molecule has 2 N–H and O–H groups in total. The van der Waals surface area contributed by atoms with Crippen molar-refractivity contribution in [3.63, 3.8) is 0 Å². The summed E-state index contributed by atoms with van der Waals surface area (Å²) in [6, 6.07) is -0.793. The summed E-state index contributed by atoms with van der Waals surface area (Å²) in [6.07, 6.45) is 45.3. The van der Waals surface area contributed by atoms with Crippen molar-refractivity contribution in [3.8, 4) is 0 Å². The van der Waals surface area contributed by atoms with Gasteiger partial charge in [-0.2, -0.15) is 0 Å². The Hall–Kier alpha value is -0.500. The fourth-order valence-corrected chi connectivity index (χ4v) is 8.35. The Morgan fingerprint density at radius 2 is 0.860 bits per heavy atom. The van der Waals surface area contributed by atoms with Crippen LogP contribution >= 0.6 is 7.82 Å². The van der Waals surface area contributed by atoms with Crippen LogP contribution in [0.3, 0.4) is 0 Å². The van der Waals surface area contributed by atoms with Crippen LogP contribution in [0.4, 0.5) is 0 Å². The second-order valence-electron chi connectivity index (χ2n) is 18.5. The lowest BCUT2D eigenvalue weighted by Gasteiger charge is -2.30. The zero-order chi connectivity index (χ0) is 42.1. The third kappa shape index (κ3) is 43.4. The molecule has 0 rings (SSSR count). The fourth-order valence-electron chi connectivity index (χ4n) is 7.63. The van der Waals surface area contributed by atoms with E-state index in [1.54, 1.807) is 0 Å². The Morgan fingerprint density at radius 3 is 1.19 bits per heavy atom. The maximum absolute atomic E-state index is 12.9. The molecular formula is C48H99N2O6P. The van der Waals surface area contributed by atoms with Gasteiger partial charge in [-0.25, -0.2) is 0 Å². The molecule has 342 valence electrons. The molecule has 9 heteroatoms. The number of carbonyl (C=O) groups is 1. The van der Waals surface area contributed by atoms with E-state index in [0.29, 0.717) is 23.9 Å². The Labute approximate surface area is 355 Å². The van der Waals surface area contributed by atoms with Crippen molar-refractivity contribution in [2.45, 2.75) is 264 Å². The zero-order valence-corrected chi connectivity index (χ0v) is 39.7. The second-order valence-corrected chi connectivity index (χ2v) is 19.9. The first-order valence-corrected chi connectivity index (χ1v) is 26.3. The number of phosphoric ester groups is 1.